The van der Waals surface area contributed by atoms with Gasteiger partial charge in [-0.2, -0.15) is 13.2 Å². The second-order valence-electron chi connectivity index (χ2n) is 5.15. The number of halogens is 3. The number of aromatic amines is 1. The highest BCUT2D eigenvalue weighted by Crippen LogP contribution is 2.32. The minimum absolute atomic E-state index is 0.0375. The van der Waals surface area contributed by atoms with Crippen LogP contribution in [0.3, 0.4) is 0 Å². The molecule has 0 bridgehead atoms. The normalized spacial score (nSPS) is 12.0. The van der Waals surface area contributed by atoms with E-state index in [2.05, 4.69) is 15.7 Å². The van der Waals surface area contributed by atoms with Crippen molar-refractivity contribution < 1.29 is 28.1 Å². The van der Waals surface area contributed by atoms with Crippen molar-refractivity contribution in [2.75, 3.05) is 0 Å². The molecule has 0 atom stereocenters. The van der Waals surface area contributed by atoms with E-state index < -0.39 is 12.6 Å². The predicted molar refractivity (Wildman–Crippen MR) is 75.5 cm³/mol. The van der Waals surface area contributed by atoms with Gasteiger partial charge in [-0.25, -0.2) is 4.98 Å². The molecular weight excluding hydrogens is 311 g/mol. The van der Waals surface area contributed by atoms with Crippen molar-refractivity contribution in [3.05, 3.63) is 47.8 Å². The number of nitrogens with zero attached hydrogens (tertiary/aromatic N) is 1. The number of H-pyrrole nitrogens is 1. The lowest BCUT2D eigenvalue weighted by Crippen LogP contribution is -2.47. The monoisotopic (exact) mass is 326 g/mol. The maximum atomic E-state index is 12.8. The molecule has 0 fully saturated rings. The third kappa shape index (κ3) is 3.65. The Morgan fingerprint density at radius 2 is 2.09 bits per heavy atom. The molecule has 0 aliphatic heterocycles. The first-order valence-electron chi connectivity index (χ1n) is 6.95. The maximum Gasteiger partial charge on any atom is 0.393 e. The van der Waals surface area contributed by atoms with Gasteiger partial charge in [0.1, 0.15) is 30.9 Å². The van der Waals surface area contributed by atoms with Gasteiger partial charge >= 0.3 is 6.18 Å². The summed E-state index contributed by atoms with van der Waals surface area (Å²) < 4.78 is 48.8. The molecule has 4 N–H and O–H groups in total. The third-order valence-electron chi connectivity index (χ3n) is 3.38. The number of ether oxygens (including phenoxy) is 1. The van der Waals surface area contributed by atoms with E-state index in [0.29, 0.717) is 23.1 Å². The molecular formula is C15H15F3N3O2+. The number of fused-ring (bicyclic) bond motifs is 1. The molecule has 0 amide bonds. The second-order valence-corrected chi connectivity index (χ2v) is 5.15. The van der Waals surface area contributed by atoms with Crippen molar-refractivity contribution in [2.24, 2.45) is 0 Å². The molecule has 0 saturated heterocycles. The molecule has 3 aromatic rings. The van der Waals surface area contributed by atoms with E-state index in [1.165, 1.54) is 18.7 Å². The summed E-state index contributed by atoms with van der Waals surface area (Å²) in [4.78, 5) is 7.00. The van der Waals surface area contributed by atoms with Gasteiger partial charge in [0.2, 0.25) is 0 Å². The summed E-state index contributed by atoms with van der Waals surface area (Å²) in [7, 11) is 0. The smallest absolute Gasteiger partial charge is 0.393 e. The van der Waals surface area contributed by atoms with Crippen LogP contribution in [-0.2, 0) is 19.6 Å². The molecule has 0 aliphatic carbocycles. The second kappa shape index (κ2) is 5.96. The molecule has 8 heteroatoms. The number of hydrogen-bond donors (Lipinski definition) is 2. The highest BCUT2D eigenvalue weighted by atomic mass is 19.4. The van der Waals surface area contributed by atoms with Crippen LogP contribution in [0, 0.1) is 0 Å². The fraction of sp³-hybridized carbons (Fsp3) is 0.267. The Kier molecular flexibility index (Phi) is 3.99. The van der Waals surface area contributed by atoms with Crippen LogP contribution in [0.25, 0.3) is 10.9 Å². The SMILES string of the molecule is [NH3+]Cc1cc2cc(CC(F)(F)F)c(OCc3cocn3)cc2[nH]1. The fourth-order valence-corrected chi connectivity index (χ4v) is 2.35. The molecule has 3 rings (SSSR count). The minimum Gasteiger partial charge on any atom is -0.487 e. The van der Waals surface area contributed by atoms with Gasteiger partial charge in [0, 0.05) is 22.5 Å². The first-order valence-corrected chi connectivity index (χ1v) is 6.95. The summed E-state index contributed by atoms with van der Waals surface area (Å²) >= 11 is 0. The van der Waals surface area contributed by atoms with Gasteiger partial charge in [0.25, 0.3) is 0 Å². The Labute approximate surface area is 129 Å². The highest BCUT2D eigenvalue weighted by molar-refractivity contribution is 5.83. The number of aromatic nitrogens is 2. The van der Waals surface area contributed by atoms with Crippen molar-refractivity contribution in [3.8, 4) is 5.75 Å². The van der Waals surface area contributed by atoms with E-state index >= 15 is 0 Å². The standard InChI is InChI=1S/C15H14F3N3O2/c16-15(17,18)4-10-1-9-2-11(5-19)21-13(9)3-14(10)23-7-12-6-22-8-20-12/h1-3,6,8,21H,4-5,7,19H2/p+1. The van der Waals surface area contributed by atoms with E-state index in [1.54, 1.807) is 12.1 Å². The Hall–Kier alpha value is -2.48. The van der Waals surface area contributed by atoms with Crippen LogP contribution in [0.15, 0.2) is 35.3 Å². The van der Waals surface area contributed by atoms with Gasteiger partial charge < -0.3 is 19.9 Å². The van der Waals surface area contributed by atoms with E-state index in [9.17, 15) is 13.2 Å². The van der Waals surface area contributed by atoms with Crippen LogP contribution in [0.5, 0.6) is 5.75 Å². The lowest BCUT2D eigenvalue weighted by atomic mass is 10.1. The lowest BCUT2D eigenvalue weighted by molar-refractivity contribution is -0.387. The number of oxazole rings is 1. The van der Waals surface area contributed by atoms with Crippen LogP contribution in [0.1, 0.15) is 17.0 Å². The quantitative estimate of drug-likeness (QED) is 0.756. The first kappa shape index (κ1) is 15.4. The van der Waals surface area contributed by atoms with Crippen LogP contribution < -0.4 is 10.5 Å². The molecule has 0 spiro atoms. The van der Waals surface area contributed by atoms with Crippen molar-refractivity contribution in [3.63, 3.8) is 0 Å². The molecule has 23 heavy (non-hydrogen) atoms. The molecule has 2 heterocycles. The zero-order chi connectivity index (χ0) is 16.4. The molecule has 0 aliphatic rings. The summed E-state index contributed by atoms with van der Waals surface area (Å²) in [5, 5.41) is 0.705. The van der Waals surface area contributed by atoms with Crippen molar-refractivity contribution >= 4 is 10.9 Å². The number of alkyl halides is 3. The zero-order valence-corrected chi connectivity index (χ0v) is 12.1. The van der Waals surface area contributed by atoms with Crippen molar-refractivity contribution in [1.82, 2.24) is 9.97 Å². The van der Waals surface area contributed by atoms with Gasteiger partial charge in [0.05, 0.1) is 12.1 Å². The van der Waals surface area contributed by atoms with Crippen molar-refractivity contribution in [2.45, 2.75) is 25.7 Å². The molecule has 122 valence electrons. The number of quaternary nitrogens is 1. The number of nitrogens with one attached hydrogen (secondary N) is 1. The summed E-state index contributed by atoms with van der Waals surface area (Å²) in [6.07, 6.45) is -2.74. The Balaban J connectivity index is 1.95. The zero-order valence-electron chi connectivity index (χ0n) is 12.1. The van der Waals surface area contributed by atoms with Crippen LogP contribution in [0.2, 0.25) is 0 Å². The number of benzene rings is 1. The van der Waals surface area contributed by atoms with Gasteiger partial charge in [0.15, 0.2) is 6.39 Å². The maximum absolute atomic E-state index is 12.8. The van der Waals surface area contributed by atoms with E-state index in [0.717, 1.165) is 5.69 Å². The summed E-state index contributed by atoms with van der Waals surface area (Å²) in [6, 6.07) is 4.87. The van der Waals surface area contributed by atoms with Crippen molar-refractivity contribution in [1.29, 1.82) is 0 Å². The largest absolute Gasteiger partial charge is 0.487 e. The molecule has 1 aromatic carbocycles. The number of rotatable bonds is 5. The van der Waals surface area contributed by atoms with Gasteiger partial charge in [-0.15, -0.1) is 0 Å². The fourth-order valence-electron chi connectivity index (χ4n) is 2.35. The highest BCUT2D eigenvalue weighted by Gasteiger charge is 2.29. The molecule has 0 radical (unpaired) electrons. The summed E-state index contributed by atoms with van der Waals surface area (Å²) in [5.74, 6) is 0.176. The first-order chi connectivity index (χ1) is 10.9. The van der Waals surface area contributed by atoms with E-state index in [-0.39, 0.29) is 17.9 Å². The van der Waals surface area contributed by atoms with Gasteiger partial charge in [-0.3, -0.25) is 0 Å². The Bertz CT molecular complexity index is 794. The van der Waals surface area contributed by atoms with Gasteiger partial charge in [-0.05, 0) is 12.1 Å². The minimum atomic E-state index is -4.31. The molecule has 0 unspecified atom stereocenters. The van der Waals surface area contributed by atoms with Crippen LogP contribution in [0.4, 0.5) is 13.2 Å². The topological polar surface area (TPSA) is 78.7 Å². The van der Waals surface area contributed by atoms with E-state index in [1.807, 2.05) is 0 Å². The summed E-state index contributed by atoms with van der Waals surface area (Å²) in [5.41, 5.74) is 5.92. The summed E-state index contributed by atoms with van der Waals surface area (Å²) in [6.45, 7) is 0.564. The Morgan fingerprint density at radius 1 is 1.26 bits per heavy atom. The Morgan fingerprint density at radius 3 is 2.74 bits per heavy atom. The van der Waals surface area contributed by atoms with E-state index in [4.69, 9.17) is 9.15 Å². The number of hydrogen-bond acceptors (Lipinski definition) is 3. The molecule has 0 saturated carbocycles. The predicted octanol–water partition coefficient (Wildman–Crippen LogP) is 2.58. The lowest BCUT2D eigenvalue weighted by Gasteiger charge is -2.13. The van der Waals surface area contributed by atoms with Crippen LogP contribution in [-0.4, -0.2) is 16.1 Å². The molecule has 2 aromatic heterocycles. The third-order valence-corrected chi connectivity index (χ3v) is 3.38. The van der Waals surface area contributed by atoms with Crippen LogP contribution >= 0.6 is 0 Å². The van der Waals surface area contributed by atoms with Gasteiger partial charge in [-0.1, -0.05) is 0 Å². The molecule has 5 nitrogen and oxygen atoms in total. The average Bonchev–Trinajstić information content (AvgIpc) is 3.11. The average molecular weight is 326 g/mol.